The van der Waals surface area contributed by atoms with Gasteiger partial charge in [-0.25, -0.2) is 4.98 Å². The molecule has 4 nitrogen and oxygen atoms in total. The molecule has 23 heavy (non-hydrogen) atoms. The van der Waals surface area contributed by atoms with Crippen molar-refractivity contribution in [1.82, 2.24) is 4.98 Å². The smallest absolute Gasteiger partial charge is 0.231 e. The number of thiazole rings is 1. The van der Waals surface area contributed by atoms with E-state index in [0.717, 1.165) is 40.4 Å². The Kier molecular flexibility index (Phi) is 4.90. The fourth-order valence-electron chi connectivity index (χ4n) is 2.77. The molecule has 0 spiro atoms. The first kappa shape index (κ1) is 16.7. The minimum Gasteiger partial charge on any atom is -0.376 e. The van der Waals surface area contributed by atoms with E-state index in [0.29, 0.717) is 11.6 Å². The Labute approximate surface area is 145 Å². The van der Waals surface area contributed by atoms with E-state index in [4.69, 9.17) is 21.3 Å². The molecule has 0 aliphatic carbocycles. The highest BCUT2D eigenvalue weighted by atomic mass is 35.5. The predicted octanol–water partition coefficient (Wildman–Crippen LogP) is 4.43. The lowest BCUT2D eigenvalue weighted by molar-refractivity contribution is -0.121. The third-order valence-electron chi connectivity index (χ3n) is 4.14. The van der Waals surface area contributed by atoms with Crippen LogP contribution in [0.3, 0.4) is 0 Å². The zero-order valence-electron chi connectivity index (χ0n) is 13.6. The summed E-state index contributed by atoms with van der Waals surface area (Å²) in [5, 5.41) is 1.44. The minimum absolute atomic E-state index is 0.0758. The van der Waals surface area contributed by atoms with Gasteiger partial charge in [-0.2, -0.15) is 0 Å². The molecule has 1 aliphatic heterocycles. The van der Waals surface area contributed by atoms with Crippen molar-refractivity contribution in [3.8, 4) is 0 Å². The number of hydrogen-bond acceptors (Lipinski definition) is 4. The molecular formula is C17H21ClN2O2S. The van der Waals surface area contributed by atoms with E-state index in [1.54, 1.807) is 4.90 Å². The van der Waals surface area contributed by atoms with Gasteiger partial charge in [0.1, 0.15) is 0 Å². The zero-order chi connectivity index (χ0) is 16.6. The number of carbonyl (C=O) groups excluding carboxylic acids is 1. The molecule has 6 heteroatoms. The molecule has 1 amide bonds. The molecule has 1 aromatic carbocycles. The number of amides is 1. The molecule has 2 heterocycles. The standard InChI is InChI=1S/C17H21ClN2O2S/c1-10(2)16(21)20(9-12-5-4-8-22-12)17-19-15-11(3)13(18)6-7-14(15)23-17/h6-7,10,12H,4-5,8-9H2,1-3H3. The first-order valence-electron chi connectivity index (χ1n) is 7.96. The Morgan fingerprint density at radius 3 is 2.96 bits per heavy atom. The predicted molar refractivity (Wildman–Crippen MR) is 95.5 cm³/mol. The lowest BCUT2D eigenvalue weighted by Crippen LogP contribution is -2.39. The molecule has 3 rings (SSSR count). The first-order valence-corrected chi connectivity index (χ1v) is 9.15. The van der Waals surface area contributed by atoms with Crippen LogP contribution in [0.4, 0.5) is 5.13 Å². The Bertz CT molecular complexity index is 723. The van der Waals surface area contributed by atoms with E-state index in [-0.39, 0.29) is 17.9 Å². The van der Waals surface area contributed by atoms with Crippen LogP contribution in [0.2, 0.25) is 5.02 Å². The fourth-order valence-corrected chi connectivity index (χ4v) is 3.96. The SMILES string of the molecule is Cc1c(Cl)ccc2sc(N(CC3CCCO3)C(=O)C(C)C)nc12. The Morgan fingerprint density at radius 1 is 1.52 bits per heavy atom. The quantitative estimate of drug-likeness (QED) is 0.817. The van der Waals surface area contributed by atoms with Crippen molar-refractivity contribution in [3.63, 3.8) is 0 Å². The highest BCUT2D eigenvalue weighted by molar-refractivity contribution is 7.22. The molecule has 1 unspecified atom stereocenters. The van der Waals surface area contributed by atoms with Crippen LogP contribution < -0.4 is 4.90 Å². The summed E-state index contributed by atoms with van der Waals surface area (Å²) in [7, 11) is 0. The van der Waals surface area contributed by atoms with E-state index in [1.807, 2.05) is 32.9 Å². The van der Waals surface area contributed by atoms with Crippen molar-refractivity contribution in [2.24, 2.45) is 5.92 Å². The largest absolute Gasteiger partial charge is 0.376 e. The van der Waals surface area contributed by atoms with Gasteiger partial charge >= 0.3 is 0 Å². The van der Waals surface area contributed by atoms with Gasteiger partial charge < -0.3 is 4.74 Å². The van der Waals surface area contributed by atoms with E-state index in [1.165, 1.54) is 11.3 Å². The number of carbonyl (C=O) groups is 1. The monoisotopic (exact) mass is 352 g/mol. The Balaban J connectivity index is 1.98. The topological polar surface area (TPSA) is 42.4 Å². The van der Waals surface area contributed by atoms with Crippen molar-refractivity contribution in [1.29, 1.82) is 0 Å². The molecule has 1 aliphatic rings. The van der Waals surface area contributed by atoms with Crippen LogP contribution in [0, 0.1) is 12.8 Å². The summed E-state index contributed by atoms with van der Waals surface area (Å²) in [5.74, 6) is 0.0106. The number of rotatable bonds is 4. The number of aromatic nitrogens is 1. The molecule has 0 N–H and O–H groups in total. The van der Waals surface area contributed by atoms with Crippen molar-refractivity contribution in [2.75, 3.05) is 18.1 Å². The van der Waals surface area contributed by atoms with Gasteiger partial charge in [0.2, 0.25) is 5.91 Å². The molecule has 1 aromatic heterocycles. The van der Waals surface area contributed by atoms with E-state index in [2.05, 4.69) is 0 Å². The normalized spacial score (nSPS) is 18.0. The maximum atomic E-state index is 12.7. The highest BCUT2D eigenvalue weighted by Crippen LogP contribution is 2.34. The number of ether oxygens (including phenoxy) is 1. The summed E-state index contributed by atoms with van der Waals surface area (Å²) in [6.07, 6.45) is 2.16. The fraction of sp³-hybridized carbons (Fsp3) is 0.529. The van der Waals surface area contributed by atoms with Gasteiger partial charge in [-0.05, 0) is 37.5 Å². The summed E-state index contributed by atoms with van der Waals surface area (Å²) in [5.41, 5.74) is 1.84. The van der Waals surface area contributed by atoms with Crippen LogP contribution in [-0.4, -0.2) is 30.1 Å². The summed E-state index contributed by atoms with van der Waals surface area (Å²) in [6, 6.07) is 3.85. The van der Waals surface area contributed by atoms with Crippen molar-refractivity contribution in [2.45, 2.75) is 39.7 Å². The van der Waals surface area contributed by atoms with E-state index in [9.17, 15) is 4.79 Å². The maximum absolute atomic E-state index is 12.7. The van der Waals surface area contributed by atoms with Crippen LogP contribution in [0.15, 0.2) is 12.1 Å². The van der Waals surface area contributed by atoms with Crippen LogP contribution in [0.25, 0.3) is 10.2 Å². The summed E-state index contributed by atoms with van der Waals surface area (Å²) in [6.45, 7) is 7.15. The van der Waals surface area contributed by atoms with Crippen LogP contribution in [0.5, 0.6) is 0 Å². The molecule has 1 saturated heterocycles. The van der Waals surface area contributed by atoms with Gasteiger partial charge in [0, 0.05) is 17.5 Å². The summed E-state index contributed by atoms with van der Waals surface area (Å²) in [4.78, 5) is 19.2. The number of hydrogen-bond donors (Lipinski definition) is 0. The average molecular weight is 353 g/mol. The van der Waals surface area contributed by atoms with Crippen molar-refractivity contribution < 1.29 is 9.53 Å². The van der Waals surface area contributed by atoms with Gasteiger partial charge in [0.15, 0.2) is 5.13 Å². The van der Waals surface area contributed by atoms with Crippen molar-refractivity contribution in [3.05, 3.63) is 22.7 Å². The Morgan fingerprint density at radius 2 is 2.30 bits per heavy atom. The van der Waals surface area contributed by atoms with Crippen molar-refractivity contribution >= 4 is 44.2 Å². The second-order valence-corrected chi connectivity index (χ2v) is 7.67. The molecule has 1 atom stereocenters. The number of benzene rings is 1. The highest BCUT2D eigenvalue weighted by Gasteiger charge is 2.27. The van der Waals surface area contributed by atoms with Gasteiger partial charge in [-0.1, -0.05) is 36.8 Å². The molecular weight excluding hydrogens is 332 g/mol. The van der Waals surface area contributed by atoms with Gasteiger partial charge in [0.05, 0.1) is 22.9 Å². The number of halogens is 1. The number of aryl methyl sites for hydroxylation is 1. The van der Waals surface area contributed by atoms with Gasteiger partial charge in [0.25, 0.3) is 0 Å². The second-order valence-electron chi connectivity index (χ2n) is 6.25. The lowest BCUT2D eigenvalue weighted by Gasteiger charge is -2.24. The van der Waals surface area contributed by atoms with Crippen LogP contribution in [0.1, 0.15) is 32.3 Å². The van der Waals surface area contributed by atoms with Gasteiger partial charge in [-0.3, -0.25) is 9.69 Å². The Hall–Kier alpha value is -1.17. The number of fused-ring (bicyclic) bond motifs is 1. The summed E-state index contributed by atoms with van der Waals surface area (Å²) >= 11 is 7.73. The zero-order valence-corrected chi connectivity index (χ0v) is 15.2. The summed E-state index contributed by atoms with van der Waals surface area (Å²) < 4.78 is 6.77. The van der Waals surface area contributed by atoms with Crippen LogP contribution in [-0.2, 0) is 9.53 Å². The van der Waals surface area contributed by atoms with Crippen LogP contribution >= 0.6 is 22.9 Å². The molecule has 0 bridgehead atoms. The average Bonchev–Trinajstić information content (AvgIpc) is 3.17. The molecule has 1 fully saturated rings. The first-order chi connectivity index (χ1) is 11.0. The third kappa shape index (κ3) is 3.37. The molecule has 0 radical (unpaired) electrons. The number of anilines is 1. The molecule has 2 aromatic rings. The second kappa shape index (κ2) is 6.75. The van der Waals surface area contributed by atoms with E-state index < -0.39 is 0 Å². The molecule has 124 valence electrons. The minimum atomic E-state index is -0.0758. The third-order valence-corrected chi connectivity index (χ3v) is 5.59. The maximum Gasteiger partial charge on any atom is 0.231 e. The lowest BCUT2D eigenvalue weighted by atomic mass is 10.1. The van der Waals surface area contributed by atoms with Gasteiger partial charge in [-0.15, -0.1) is 0 Å². The molecule has 0 saturated carbocycles. The van der Waals surface area contributed by atoms with E-state index >= 15 is 0 Å². The number of nitrogens with zero attached hydrogens (tertiary/aromatic N) is 2.